The average Bonchev–Trinajstić information content (AvgIpc) is 2.81. The van der Waals surface area contributed by atoms with Crippen LogP contribution in [0.15, 0.2) is 22.6 Å². The van der Waals surface area contributed by atoms with Crippen LogP contribution in [-0.2, 0) is 13.0 Å². The molecule has 1 aliphatic heterocycles. The Morgan fingerprint density at radius 1 is 1.36 bits per heavy atom. The minimum absolute atomic E-state index is 0. The number of aryl methyl sites for hydroxylation is 2. The molecule has 2 aromatic rings. The summed E-state index contributed by atoms with van der Waals surface area (Å²) in [5.41, 5.74) is 2.57. The molecule has 0 aliphatic carbocycles. The maximum atomic E-state index is 14.5. The highest BCUT2D eigenvalue weighted by Gasteiger charge is 2.20. The summed E-state index contributed by atoms with van der Waals surface area (Å²) in [6.45, 7) is 4.98. The zero-order valence-electron chi connectivity index (χ0n) is 12.5. The van der Waals surface area contributed by atoms with Crippen molar-refractivity contribution in [1.29, 1.82) is 0 Å². The maximum Gasteiger partial charge on any atom is 0.291 e. The molecule has 1 aliphatic rings. The van der Waals surface area contributed by atoms with Crippen molar-refractivity contribution in [3.63, 3.8) is 0 Å². The molecule has 0 unspecified atom stereocenters. The summed E-state index contributed by atoms with van der Waals surface area (Å²) in [6, 6.07) is 5.23. The third kappa shape index (κ3) is 3.00. The Kier molecular flexibility index (Phi) is 4.88. The molecule has 3 rings (SSSR count). The first-order chi connectivity index (χ1) is 10.1. The Morgan fingerprint density at radius 3 is 2.82 bits per heavy atom. The molecule has 0 spiro atoms. The number of anilines is 1. The van der Waals surface area contributed by atoms with Crippen molar-refractivity contribution < 1.29 is 13.6 Å². The van der Waals surface area contributed by atoms with Crippen LogP contribution >= 0.6 is 12.4 Å². The molecule has 4 nitrogen and oxygen atoms in total. The molecule has 0 saturated heterocycles. The summed E-state index contributed by atoms with van der Waals surface area (Å²) in [5, 5.41) is 5.80. The van der Waals surface area contributed by atoms with E-state index in [1.165, 1.54) is 0 Å². The number of halogens is 2. The van der Waals surface area contributed by atoms with Crippen molar-refractivity contribution in [3.05, 3.63) is 52.2 Å². The summed E-state index contributed by atoms with van der Waals surface area (Å²) in [7, 11) is 0. The van der Waals surface area contributed by atoms with Crippen LogP contribution in [0.25, 0.3) is 0 Å². The first-order valence-electron chi connectivity index (χ1n) is 6.95. The van der Waals surface area contributed by atoms with Crippen molar-refractivity contribution >= 4 is 24.0 Å². The third-order valence-corrected chi connectivity index (χ3v) is 3.70. The molecule has 0 fully saturated rings. The van der Waals surface area contributed by atoms with E-state index >= 15 is 0 Å². The number of carbonyl (C=O) groups is 1. The number of rotatable bonds is 2. The van der Waals surface area contributed by atoms with Gasteiger partial charge in [-0.25, -0.2) is 4.39 Å². The van der Waals surface area contributed by atoms with Gasteiger partial charge in [-0.1, -0.05) is 6.07 Å². The van der Waals surface area contributed by atoms with Crippen LogP contribution in [0.5, 0.6) is 0 Å². The quantitative estimate of drug-likeness (QED) is 0.890. The molecule has 0 bridgehead atoms. The van der Waals surface area contributed by atoms with E-state index in [9.17, 15) is 9.18 Å². The van der Waals surface area contributed by atoms with Crippen LogP contribution in [0, 0.1) is 19.7 Å². The first-order valence-corrected chi connectivity index (χ1v) is 6.95. The fourth-order valence-corrected chi connectivity index (χ4v) is 2.68. The molecule has 1 aromatic carbocycles. The van der Waals surface area contributed by atoms with Crippen LogP contribution in [0.1, 0.15) is 33.0 Å². The van der Waals surface area contributed by atoms with Crippen molar-refractivity contribution in [2.75, 3.05) is 11.9 Å². The fraction of sp³-hybridized carbons (Fsp3) is 0.312. The van der Waals surface area contributed by atoms with Gasteiger partial charge in [-0.3, -0.25) is 4.79 Å². The van der Waals surface area contributed by atoms with E-state index < -0.39 is 5.91 Å². The standard InChI is InChI=1S/C16H17FN2O2.ClH/c1-9-7-10(2)21-15(9)16(20)19-13-4-3-11-8-18-6-5-12(11)14(13)17;/h3-4,7,18H,5-6,8H2,1-2H3,(H,19,20);1H. The van der Waals surface area contributed by atoms with Crippen LogP contribution in [-0.4, -0.2) is 12.5 Å². The van der Waals surface area contributed by atoms with Gasteiger partial charge in [-0.05, 0) is 50.1 Å². The highest BCUT2D eigenvalue weighted by molar-refractivity contribution is 6.03. The lowest BCUT2D eigenvalue weighted by Gasteiger charge is -2.19. The van der Waals surface area contributed by atoms with Gasteiger partial charge in [0.25, 0.3) is 5.91 Å². The van der Waals surface area contributed by atoms with Crippen molar-refractivity contribution in [3.8, 4) is 0 Å². The second-order valence-electron chi connectivity index (χ2n) is 5.31. The van der Waals surface area contributed by atoms with Crippen LogP contribution < -0.4 is 10.6 Å². The van der Waals surface area contributed by atoms with E-state index in [2.05, 4.69) is 10.6 Å². The Hall–Kier alpha value is -1.85. The Balaban J connectivity index is 0.00000176. The maximum absolute atomic E-state index is 14.5. The predicted octanol–water partition coefficient (Wildman–Crippen LogP) is 3.36. The molecular formula is C16H18ClFN2O2. The van der Waals surface area contributed by atoms with Gasteiger partial charge in [0, 0.05) is 12.1 Å². The van der Waals surface area contributed by atoms with Crippen molar-refractivity contribution in [2.24, 2.45) is 0 Å². The number of fused-ring (bicyclic) bond motifs is 1. The Morgan fingerprint density at radius 2 is 2.14 bits per heavy atom. The van der Waals surface area contributed by atoms with Gasteiger partial charge in [0.15, 0.2) is 5.76 Å². The van der Waals surface area contributed by atoms with E-state index in [0.717, 1.165) is 17.7 Å². The number of furan rings is 1. The molecule has 2 heterocycles. The predicted molar refractivity (Wildman–Crippen MR) is 85.2 cm³/mol. The summed E-state index contributed by atoms with van der Waals surface area (Å²) in [6.07, 6.45) is 0.629. The molecule has 0 saturated carbocycles. The molecule has 1 amide bonds. The second kappa shape index (κ2) is 6.50. The summed E-state index contributed by atoms with van der Waals surface area (Å²) in [5.74, 6) is 0.123. The monoisotopic (exact) mass is 324 g/mol. The first kappa shape index (κ1) is 16.5. The number of benzene rings is 1. The fourth-order valence-electron chi connectivity index (χ4n) is 2.68. The molecule has 0 atom stereocenters. The zero-order chi connectivity index (χ0) is 15.0. The lowest BCUT2D eigenvalue weighted by atomic mass is 9.99. The van der Waals surface area contributed by atoms with E-state index in [1.807, 2.05) is 6.07 Å². The second-order valence-corrected chi connectivity index (χ2v) is 5.31. The topological polar surface area (TPSA) is 54.3 Å². The van der Waals surface area contributed by atoms with Gasteiger partial charge in [0.05, 0.1) is 5.69 Å². The summed E-state index contributed by atoms with van der Waals surface area (Å²) >= 11 is 0. The largest absolute Gasteiger partial charge is 0.456 e. The van der Waals surface area contributed by atoms with E-state index in [-0.39, 0.29) is 29.7 Å². The van der Waals surface area contributed by atoms with Gasteiger partial charge < -0.3 is 15.1 Å². The Labute approximate surface area is 134 Å². The van der Waals surface area contributed by atoms with E-state index in [1.54, 1.807) is 26.0 Å². The third-order valence-electron chi connectivity index (χ3n) is 3.70. The molecule has 0 radical (unpaired) electrons. The lowest BCUT2D eigenvalue weighted by Crippen LogP contribution is -2.25. The molecular weight excluding hydrogens is 307 g/mol. The van der Waals surface area contributed by atoms with Crippen molar-refractivity contribution in [2.45, 2.75) is 26.8 Å². The normalized spacial score (nSPS) is 13.2. The minimum atomic E-state index is -0.423. The molecule has 22 heavy (non-hydrogen) atoms. The number of hydrogen-bond acceptors (Lipinski definition) is 3. The van der Waals surface area contributed by atoms with Crippen molar-refractivity contribution in [1.82, 2.24) is 5.32 Å². The van der Waals surface area contributed by atoms with Crippen LogP contribution in [0.2, 0.25) is 0 Å². The molecule has 6 heteroatoms. The highest BCUT2D eigenvalue weighted by atomic mass is 35.5. The zero-order valence-corrected chi connectivity index (χ0v) is 13.3. The number of hydrogen-bond donors (Lipinski definition) is 2. The molecule has 1 aromatic heterocycles. The van der Waals surface area contributed by atoms with E-state index in [0.29, 0.717) is 24.3 Å². The van der Waals surface area contributed by atoms with Gasteiger partial charge >= 0.3 is 0 Å². The van der Waals surface area contributed by atoms with Crippen LogP contribution in [0.3, 0.4) is 0 Å². The SMILES string of the molecule is Cc1cc(C)c(C(=O)Nc2ccc3c(c2F)CCNC3)o1.Cl. The van der Waals surface area contributed by atoms with E-state index in [4.69, 9.17) is 4.42 Å². The summed E-state index contributed by atoms with van der Waals surface area (Å²) in [4.78, 5) is 12.2. The average molecular weight is 325 g/mol. The van der Waals surface area contributed by atoms with Gasteiger partial charge in [-0.2, -0.15) is 0 Å². The molecule has 2 N–H and O–H groups in total. The number of amides is 1. The molecule has 118 valence electrons. The van der Waals surface area contributed by atoms with Gasteiger partial charge in [0.2, 0.25) is 0 Å². The van der Waals surface area contributed by atoms with Crippen LogP contribution in [0.4, 0.5) is 10.1 Å². The highest BCUT2D eigenvalue weighted by Crippen LogP contribution is 2.25. The van der Waals surface area contributed by atoms with Gasteiger partial charge in [0.1, 0.15) is 11.6 Å². The van der Waals surface area contributed by atoms with Gasteiger partial charge in [-0.15, -0.1) is 12.4 Å². The Bertz CT molecular complexity index is 712. The lowest BCUT2D eigenvalue weighted by molar-refractivity contribution is 0.0994. The smallest absolute Gasteiger partial charge is 0.291 e. The summed E-state index contributed by atoms with van der Waals surface area (Å²) < 4.78 is 19.8. The number of carbonyl (C=O) groups excluding carboxylic acids is 1. The number of nitrogens with one attached hydrogen (secondary N) is 2. The minimum Gasteiger partial charge on any atom is -0.456 e.